The molecule has 4 fully saturated rings. The van der Waals surface area contributed by atoms with Crippen LogP contribution in [0.4, 0.5) is 0 Å². The molecule has 0 aliphatic heterocycles. The van der Waals surface area contributed by atoms with E-state index in [1.54, 1.807) is 0 Å². The molecule has 0 saturated heterocycles. The highest BCUT2D eigenvalue weighted by molar-refractivity contribution is 6.27. The zero-order chi connectivity index (χ0) is 65.3. The van der Waals surface area contributed by atoms with Crippen LogP contribution in [0.15, 0.2) is 182 Å². The summed E-state index contributed by atoms with van der Waals surface area (Å²) >= 11 is 0. The summed E-state index contributed by atoms with van der Waals surface area (Å²) < 4.78 is 0. The van der Waals surface area contributed by atoms with Gasteiger partial charge in [0.05, 0.1) is 0 Å². The van der Waals surface area contributed by atoms with Crippen LogP contribution in [-0.2, 0) is 10.8 Å². The molecule has 0 amide bonds. The maximum absolute atomic E-state index is 3.73. The smallest absolute Gasteiger partial charge is 0.0331 e. The van der Waals surface area contributed by atoms with Gasteiger partial charge in [0.25, 0.3) is 0 Å². The minimum atomic E-state index is 0. The summed E-state index contributed by atoms with van der Waals surface area (Å²) in [5.41, 5.74) is 17.9. The Morgan fingerprint density at radius 1 is 0.235 bits per heavy atom. The summed E-state index contributed by atoms with van der Waals surface area (Å²) in [4.78, 5) is 0. The Balaban J connectivity index is 0.000000175. The molecule has 0 heteroatoms. The molecular weight excluding hydrogens is 1180 g/mol. The van der Waals surface area contributed by atoms with E-state index in [2.05, 4.69) is 271 Å². The average Bonchev–Trinajstić information content (AvgIpc) is 0.721. The normalized spacial score (nSPS) is 15.8. The first-order chi connectivity index (χ1) is 46.9. The van der Waals surface area contributed by atoms with Gasteiger partial charge in [-0.3, -0.25) is 0 Å². The van der Waals surface area contributed by atoms with Gasteiger partial charge in [0.15, 0.2) is 0 Å². The van der Waals surface area contributed by atoms with Crippen LogP contribution < -0.4 is 0 Å². The fourth-order valence-corrected chi connectivity index (χ4v) is 17.2. The lowest BCUT2D eigenvalue weighted by molar-refractivity contribution is 0.445. The van der Waals surface area contributed by atoms with Crippen molar-refractivity contribution in [2.75, 3.05) is 0 Å². The molecule has 4 aliphatic carbocycles. The van der Waals surface area contributed by atoms with E-state index in [0.717, 1.165) is 44.5 Å². The molecule has 0 N–H and O–H groups in total. The molecule has 0 radical (unpaired) electrons. The second-order valence-electron chi connectivity index (χ2n) is 30.9. The first kappa shape index (κ1) is 67.5. The van der Waals surface area contributed by atoms with E-state index in [9.17, 15) is 0 Å². The molecule has 16 rings (SSSR count). The predicted octanol–water partition coefficient (Wildman–Crippen LogP) is 26.8. The molecule has 0 bridgehead atoms. The summed E-state index contributed by atoms with van der Waals surface area (Å²) in [7, 11) is 0. The lowest BCUT2D eigenvalue weighted by atomic mass is 9.77. The molecule has 98 heavy (non-hydrogen) atoms. The minimum absolute atomic E-state index is 0. The van der Waals surface area contributed by atoms with Gasteiger partial charge in [0, 0.05) is 44.5 Å². The van der Waals surface area contributed by atoms with Crippen molar-refractivity contribution in [3.05, 3.63) is 260 Å². The number of hydrogen-bond acceptors (Lipinski definition) is 0. The molecule has 4 aliphatic rings. The molecule has 0 nitrogen and oxygen atoms in total. The Morgan fingerprint density at radius 3 is 0.673 bits per heavy atom. The summed E-state index contributed by atoms with van der Waals surface area (Å²) in [6, 6.07) is 67.7. The van der Waals surface area contributed by atoms with Crippen LogP contribution in [0, 0.1) is 47.4 Å². The van der Waals surface area contributed by atoms with E-state index in [4.69, 9.17) is 0 Å². The van der Waals surface area contributed by atoms with E-state index >= 15 is 0 Å². The van der Waals surface area contributed by atoms with Gasteiger partial charge in [-0.15, -0.1) is 0 Å². The van der Waals surface area contributed by atoms with Gasteiger partial charge in [-0.25, -0.2) is 0 Å². The zero-order valence-electron chi connectivity index (χ0n) is 57.8. The van der Waals surface area contributed by atoms with Crippen LogP contribution >= 0.6 is 0 Å². The zero-order valence-corrected chi connectivity index (χ0v) is 57.8. The van der Waals surface area contributed by atoms with Crippen molar-refractivity contribution in [1.29, 1.82) is 0 Å². The van der Waals surface area contributed by atoms with Gasteiger partial charge in [-0.05, 0) is 257 Å². The van der Waals surface area contributed by atoms with E-state index in [1.165, 1.54) is 226 Å². The molecule has 0 spiro atoms. The summed E-state index contributed by atoms with van der Waals surface area (Å²) in [6.45, 7) is 13.6. The van der Waals surface area contributed by atoms with Crippen molar-refractivity contribution in [3.63, 3.8) is 0 Å². The van der Waals surface area contributed by atoms with Gasteiger partial charge in [0.1, 0.15) is 0 Å². The number of rotatable bonds is 4. The largest absolute Gasteiger partial charge is 0.0776 e. The Labute approximate surface area is 587 Å². The first-order valence-electron chi connectivity index (χ1n) is 36.8. The van der Waals surface area contributed by atoms with Gasteiger partial charge < -0.3 is 0 Å². The minimum Gasteiger partial charge on any atom is -0.0776 e. The van der Waals surface area contributed by atoms with Crippen LogP contribution in [-0.4, -0.2) is 0 Å². The van der Waals surface area contributed by atoms with E-state index in [1.807, 2.05) is 0 Å². The molecule has 0 aromatic heterocycles. The SMILES string of the molecule is C.C.C(#Cc1cc(C2CCCCC2)c2ccc3c(C4CCCCC4)cc(C#Cc4ccccc4)c4ccc1c2c43)c1ccccc1.CC(C)(C)c1ccc(C#Cc2cc(C3CCCCC3)c3ccc4c(C5CCCCC5)cc(C#Cc5ccc(C(C)(C)C)cc5)c5ccc2c3c54)cc1. The van der Waals surface area contributed by atoms with Crippen LogP contribution in [0.25, 0.3) is 64.6 Å². The van der Waals surface area contributed by atoms with Crippen molar-refractivity contribution in [1.82, 2.24) is 0 Å². The fraction of sp³-hybridized carbons (Fsp3) is 0.347. The molecule has 12 aromatic carbocycles. The lowest BCUT2D eigenvalue weighted by Gasteiger charge is -2.27. The third kappa shape index (κ3) is 13.9. The molecular formula is C98H100. The second-order valence-corrected chi connectivity index (χ2v) is 30.9. The van der Waals surface area contributed by atoms with Crippen molar-refractivity contribution >= 4 is 64.6 Å². The third-order valence-electron chi connectivity index (χ3n) is 22.5. The second kappa shape index (κ2) is 29.2. The lowest BCUT2D eigenvalue weighted by Crippen LogP contribution is -2.10. The summed E-state index contributed by atoms with van der Waals surface area (Å²) in [5.74, 6) is 31.3. The number of hydrogen-bond donors (Lipinski definition) is 0. The number of benzene rings is 12. The van der Waals surface area contributed by atoms with Crippen molar-refractivity contribution in [2.24, 2.45) is 0 Å². The maximum Gasteiger partial charge on any atom is 0.0331 e. The fourth-order valence-electron chi connectivity index (χ4n) is 17.2. The van der Waals surface area contributed by atoms with E-state index in [0.29, 0.717) is 23.7 Å². The van der Waals surface area contributed by atoms with E-state index in [-0.39, 0.29) is 25.7 Å². The first-order valence-corrected chi connectivity index (χ1v) is 36.8. The van der Waals surface area contributed by atoms with Gasteiger partial charge in [-0.2, -0.15) is 0 Å². The predicted molar refractivity (Wildman–Crippen MR) is 424 cm³/mol. The highest BCUT2D eigenvalue weighted by Gasteiger charge is 2.28. The standard InChI is InChI=1S/C52H54.C44H38.2CH4/c1-51(2,3)41-25-19-35(20-26-41)17-23-39-33-47(37-13-9-7-10-14-37)45-31-32-46-48(38-15-11-8-12-16-38)34-40(44-30-29-43(39)49(45)50(44)46)24-18-36-21-27-42(28-22-36)52(4,5)6;1-5-13-31(14-6-1)21-23-35-29-41(33-17-9-3-10-18-33)39-27-28-40-42(34-19-11-4-12-20-34)30-36(24-22-32-15-7-2-8-16-32)38-26-25-37(35)43(39)44(38)40;;/h19-22,25-34,37-38H,7-16H2,1-6H3;1-2,5-8,13-16,25-30,33-34H,3-4,9-12,17-20H2;2*1H4. The quantitative estimate of drug-likeness (QED) is 0.122. The summed E-state index contributed by atoms with van der Waals surface area (Å²) in [6.07, 6.45) is 26.1. The van der Waals surface area contributed by atoms with Crippen LogP contribution in [0.2, 0.25) is 0 Å². The topological polar surface area (TPSA) is 0 Å². The molecule has 12 aromatic rings. The van der Waals surface area contributed by atoms with Gasteiger partial charge >= 0.3 is 0 Å². The van der Waals surface area contributed by atoms with Crippen molar-refractivity contribution in [2.45, 2.75) is 219 Å². The third-order valence-corrected chi connectivity index (χ3v) is 22.5. The van der Waals surface area contributed by atoms with Crippen molar-refractivity contribution in [3.8, 4) is 47.4 Å². The van der Waals surface area contributed by atoms with Crippen LogP contribution in [0.3, 0.4) is 0 Å². The molecule has 0 atom stereocenters. The van der Waals surface area contributed by atoms with Gasteiger partial charge in [0.2, 0.25) is 0 Å². The van der Waals surface area contributed by atoms with Gasteiger partial charge in [-0.1, -0.05) is 290 Å². The molecule has 0 heterocycles. The van der Waals surface area contributed by atoms with E-state index < -0.39 is 0 Å². The van der Waals surface area contributed by atoms with Crippen LogP contribution in [0.1, 0.15) is 286 Å². The highest BCUT2D eigenvalue weighted by atomic mass is 14.3. The Bertz CT molecular complexity index is 4740. The Hall–Kier alpha value is -9.04. The molecule has 0 unspecified atom stereocenters. The average molecular weight is 1280 g/mol. The Kier molecular flexibility index (Phi) is 20.1. The monoisotopic (exact) mass is 1280 g/mol. The van der Waals surface area contributed by atoms with Crippen LogP contribution in [0.5, 0.6) is 0 Å². The Morgan fingerprint density at radius 2 is 0.449 bits per heavy atom. The molecule has 4 saturated carbocycles. The maximum atomic E-state index is 3.73. The molecule has 492 valence electrons. The highest BCUT2D eigenvalue weighted by Crippen LogP contribution is 2.50. The summed E-state index contributed by atoms with van der Waals surface area (Å²) in [5, 5.41) is 16.5. The van der Waals surface area contributed by atoms with Crippen molar-refractivity contribution < 1.29 is 0 Å².